The van der Waals surface area contributed by atoms with Crippen LogP contribution in [0.5, 0.6) is 0 Å². The van der Waals surface area contributed by atoms with E-state index < -0.39 is 0 Å². The fourth-order valence-corrected chi connectivity index (χ4v) is 3.15. The minimum atomic E-state index is 0.777. The molecule has 0 aromatic carbocycles. The fourth-order valence-electron chi connectivity index (χ4n) is 3.15. The van der Waals surface area contributed by atoms with Crippen LogP contribution in [0.25, 0.3) is 0 Å². The summed E-state index contributed by atoms with van der Waals surface area (Å²) in [4.78, 5) is 0. The first-order chi connectivity index (χ1) is 8.97. The zero-order valence-corrected chi connectivity index (χ0v) is 11.6. The Kier molecular flexibility index (Phi) is 7.01. The minimum Gasteiger partial charge on any atom is -0.314 e. The lowest BCUT2D eigenvalue weighted by Crippen LogP contribution is -2.52. The molecule has 1 aliphatic carbocycles. The summed E-state index contributed by atoms with van der Waals surface area (Å²) in [5.74, 6) is 0.964. The summed E-state index contributed by atoms with van der Waals surface area (Å²) in [5, 5.41) is 13.5. The Morgan fingerprint density at radius 2 is 1.22 bits per heavy atom. The topological polar surface area (TPSA) is 48.1 Å². The predicted octanol–water partition coefficient (Wildman–Crippen LogP) is 0.307. The summed E-state index contributed by atoms with van der Waals surface area (Å²) in [6.07, 6.45) is 7.31. The standard InChI is InChI=1S/C10H20N2.C4H10N2/c1-2-4-9(5-3-1)10-8-11-6-7-12-10;1-2-6-4-3-5-1/h9-12H,1-8H2;5-6H,1-4H2. The van der Waals surface area contributed by atoms with E-state index in [1.807, 2.05) is 0 Å². The molecule has 0 amide bonds. The Hall–Kier alpha value is -0.160. The Bertz CT molecular complexity index is 166. The van der Waals surface area contributed by atoms with E-state index in [4.69, 9.17) is 0 Å². The van der Waals surface area contributed by atoms with Gasteiger partial charge < -0.3 is 21.3 Å². The highest BCUT2D eigenvalue weighted by atomic mass is 15.1. The molecule has 0 spiro atoms. The molecule has 3 fully saturated rings. The molecule has 18 heavy (non-hydrogen) atoms. The molecule has 0 bridgehead atoms. The Morgan fingerprint density at radius 1 is 0.611 bits per heavy atom. The summed E-state index contributed by atoms with van der Waals surface area (Å²) in [6.45, 7) is 8.08. The van der Waals surface area contributed by atoms with E-state index in [-0.39, 0.29) is 0 Å². The second-order valence-corrected chi connectivity index (χ2v) is 5.66. The molecule has 3 rings (SSSR count). The lowest BCUT2D eigenvalue weighted by atomic mass is 9.83. The molecule has 0 radical (unpaired) electrons. The highest BCUT2D eigenvalue weighted by Gasteiger charge is 2.24. The second-order valence-electron chi connectivity index (χ2n) is 5.66. The van der Waals surface area contributed by atoms with Crippen LogP contribution in [0, 0.1) is 5.92 Å². The highest BCUT2D eigenvalue weighted by Crippen LogP contribution is 2.26. The van der Waals surface area contributed by atoms with Gasteiger partial charge in [-0.05, 0) is 18.8 Å². The van der Waals surface area contributed by atoms with Gasteiger partial charge in [-0.25, -0.2) is 0 Å². The summed E-state index contributed by atoms with van der Waals surface area (Å²) >= 11 is 0. The largest absolute Gasteiger partial charge is 0.314 e. The molecule has 3 aliphatic rings. The number of nitrogens with one attached hydrogen (secondary N) is 4. The quantitative estimate of drug-likeness (QED) is 0.544. The molecule has 1 unspecified atom stereocenters. The smallest absolute Gasteiger partial charge is 0.0221 e. The van der Waals surface area contributed by atoms with Crippen LogP contribution in [-0.2, 0) is 0 Å². The van der Waals surface area contributed by atoms with Gasteiger partial charge in [-0.1, -0.05) is 19.3 Å². The van der Waals surface area contributed by atoms with Crippen LogP contribution in [0.2, 0.25) is 0 Å². The van der Waals surface area contributed by atoms with Gasteiger partial charge in [0.1, 0.15) is 0 Å². The van der Waals surface area contributed by atoms with Gasteiger partial charge in [-0.3, -0.25) is 0 Å². The third-order valence-corrected chi connectivity index (χ3v) is 4.25. The first-order valence-corrected chi connectivity index (χ1v) is 7.82. The van der Waals surface area contributed by atoms with Crippen LogP contribution >= 0.6 is 0 Å². The minimum absolute atomic E-state index is 0.777. The van der Waals surface area contributed by atoms with Crippen LogP contribution in [0.3, 0.4) is 0 Å². The molecule has 2 aliphatic heterocycles. The normalized spacial score (nSPS) is 30.3. The van der Waals surface area contributed by atoms with Crippen LogP contribution in [-0.4, -0.2) is 51.9 Å². The van der Waals surface area contributed by atoms with Crippen LogP contribution in [0.15, 0.2) is 0 Å². The van der Waals surface area contributed by atoms with Crippen molar-refractivity contribution in [2.45, 2.75) is 38.1 Å². The second kappa shape index (κ2) is 8.86. The lowest BCUT2D eigenvalue weighted by Gasteiger charge is -2.34. The Morgan fingerprint density at radius 3 is 1.72 bits per heavy atom. The van der Waals surface area contributed by atoms with Crippen LogP contribution < -0.4 is 21.3 Å². The summed E-state index contributed by atoms with van der Waals surface area (Å²) in [5.41, 5.74) is 0. The summed E-state index contributed by atoms with van der Waals surface area (Å²) < 4.78 is 0. The van der Waals surface area contributed by atoms with E-state index in [0.29, 0.717) is 0 Å². The molecule has 2 saturated heterocycles. The SMILES string of the molecule is C1CCC(C2CNCCN2)CC1.C1CNCCN1. The molecule has 0 aromatic rings. The zero-order chi connectivity index (χ0) is 12.5. The van der Waals surface area contributed by atoms with Crippen molar-refractivity contribution in [3.8, 4) is 0 Å². The number of hydrogen-bond donors (Lipinski definition) is 4. The van der Waals surface area contributed by atoms with E-state index in [1.165, 1.54) is 45.2 Å². The van der Waals surface area contributed by atoms with Crippen molar-refractivity contribution in [2.24, 2.45) is 5.92 Å². The third kappa shape index (κ3) is 5.22. The van der Waals surface area contributed by atoms with Gasteiger partial charge >= 0.3 is 0 Å². The van der Waals surface area contributed by atoms with Crippen LogP contribution in [0.4, 0.5) is 0 Å². The van der Waals surface area contributed by atoms with E-state index in [9.17, 15) is 0 Å². The van der Waals surface area contributed by atoms with E-state index in [0.717, 1.165) is 44.7 Å². The molecule has 4 heteroatoms. The van der Waals surface area contributed by atoms with Gasteiger partial charge in [0.25, 0.3) is 0 Å². The van der Waals surface area contributed by atoms with Gasteiger partial charge in [-0.2, -0.15) is 0 Å². The van der Waals surface area contributed by atoms with Crippen molar-refractivity contribution < 1.29 is 0 Å². The summed E-state index contributed by atoms with van der Waals surface area (Å²) in [6, 6.07) is 0.777. The van der Waals surface area contributed by atoms with Crippen molar-refractivity contribution in [3.05, 3.63) is 0 Å². The average Bonchev–Trinajstić information content (AvgIpc) is 2.51. The molecule has 0 aromatic heterocycles. The monoisotopic (exact) mass is 254 g/mol. The fraction of sp³-hybridized carbons (Fsp3) is 1.00. The molecule has 4 N–H and O–H groups in total. The molecule has 2 heterocycles. The molecule has 106 valence electrons. The molecule has 1 saturated carbocycles. The first-order valence-electron chi connectivity index (χ1n) is 7.82. The maximum atomic E-state index is 3.63. The number of piperazine rings is 2. The van der Waals surface area contributed by atoms with Gasteiger partial charge in [0, 0.05) is 51.9 Å². The average molecular weight is 254 g/mol. The maximum absolute atomic E-state index is 3.63. The third-order valence-electron chi connectivity index (χ3n) is 4.25. The zero-order valence-electron chi connectivity index (χ0n) is 11.6. The number of hydrogen-bond acceptors (Lipinski definition) is 4. The lowest BCUT2D eigenvalue weighted by molar-refractivity contribution is 0.245. The molecule has 4 nitrogen and oxygen atoms in total. The van der Waals surface area contributed by atoms with Crippen molar-refractivity contribution in [3.63, 3.8) is 0 Å². The van der Waals surface area contributed by atoms with E-state index in [1.54, 1.807) is 0 Å². The Balaban J connectivity index is 0.000000169. The van der Waals surface area contributed by atoms with Crippen molar-refractivity contribution in [1.82, 2.24) is 21.3 Å². The number of rotatable bonds is 1. The van der Waals surface area contributed by atoms with Gasteiger partial charge in [0.15, 0.2) is 0 Å². The van der Waals surface area contributed by atoms with E-state index in [2.05, 4.69) is 21.3 Å². The summed E-state index contributed by atoms with van der Waals surface area (Å²) in [7, 11) is 0. The van der Waals surface area contributed by atoms with Gasteiger partial charge in [0.2, 0.25) is 0 Å². The molecular formula is C14H30N4. The Labute approximate surface area is 112 Å². The van der Waals surface area contributed by atoms with Crippen molar-refractivity contribution in [1.29, 1.82) is 0 Å². The van der Waals surface area contributed by atoms with Gasteiger partial charge in [0.05, 0.1) is 0 Å². The van der Waals surface area contributed by atoms with Crippen molar-refractivity contribution >= 4 is 0 Å². The van der Waals surface area contributed by atoms with Crippen LogP contribution in [0.1, 0.15) is 32.1 Å². The maximum Gasteiger partial charge on any atom is 0.0221 e. The molecular weight excluding hydrogens is 224 g/mol. The highest BCUT2D eigenvalue weighted by molar-refractivity contribution is 4.83. The van der Waals surface area contributed by atoms with Gasteiger partial charge in [-0.15, -0.1) is 0 Å². The van der Waals surface area contributed by atoms with E-state index >= 15 is 0 Å². The predicted molar refractivity (Wildman–Crippen MR) is 77.0 cm³/mol. The van der Waals surface area contributed by atoms with Crippen molar-refractivity contribution in [2.75, 3.05) is 45.8 Å². The molecule has 1 atom stereocenters. The first kappa shape index (κ1) is 14.3.